The van der Waals surface area contributed by atoms with Crippen molar-refractivity contribution in [1.29, 1.82) is 0 Å². The number of hydrogen-bond donors (Lipinski definition) is 0. The molecule has 0 aromatic carbocycles. The minimum atomic E-state index is 0.105. The van der Waals surface area contributed by atoms with Gasteiger partial charge in [-0.2, -0.15) is 0 Å². The van der Waals surface area contributed by atoms with Crippen molar-refractivity contribution >= 4 is 5.91 Å². The van der Waals surface area contributed by atoms with E-state index in [0.29, 0.717) is 26.3 Å². The average Bonchev–Trinajstić information content (AvgIpc) is 2.26. The van der Waals surface area contributed by atoms with Crippen molar-refractivity contribution in [2.75, 3.05) is 26.3 Å². The molecule has 0 aromatic rings. The molecule has 3 nitrogen and oxygen atoms in total. The van der Waals surface area contributed by atoms with Crippen LogP contribution in [0.3, 0.4) is 0 Å². The molecule has 78 valence electrons. The van der Waals surface area contributed by atoms with Crippen LogP contribution in [0.4, 0.5) is 0 Å². The third-order valence-electron chi connectivity index (χ3n) is 2.20. The Labute approximate surface area is 85.0 Å². The smallest absolute Gasteiger partial charge is 0.253 e. The van der Waals surface area contributed by atoms with Crippen LogP contribution in [0.25, 0.3) is 0 Å². The van der Waals surface area contributed by atoms with Crippen LogP contribution in [0.5, 0.6) is 0 Å². The number of rotatable bonds is 2. The lowest BCUT2D eigenvalue weighted by atomic mass is 10.2. The molecule has 1 fully saturated rings. The molecule has 0 saturated carbocycles. The van der Waals surface area contributed by atoms with Crippen LogP contribution >= 0.6 is 0 Å². The van der Waals surface area contributed by atoms with E-state index in [1.807, 2.05) is 37.0 Å². The molecule has 0 bridgehead atoms. The Balaban J connectivity index is 2.62. The first-order valence-corrected chi connectivity index (χ1v) is 4.95. The molecule has 3 heteroatoms. The molecular weight excluding hydrogens is 178 g/mol. The Morgan fingerprint density at radius 2 is 1.93 bits per heavy atom. The second-order valence-electron chi connectivity index (χ2n) is 3.15. The zero-order valence-electron chi connectivity index (χ0n) is 8.82. The van der Waals surface area contributed by atoms with E-state index in [9.17, 15) is 4.79 Å². The zero-order valence-corrected chi connectivity index (χ0v) is 8.82. The van der Waals surface area contributed by atoms with Crippen LogP contribution in [0.15, 0.2) is 23.8 Å². The third kappa shape index (κ3) is 2.70. The van der Waals surface area contributed by atoms with Gasteiger partial charge in [0, 0.05) is 18.7 Å². The Morgan fingerprint density at radius 1 is 1.29 bits per heavy atom. The van der Waals surface area contributed by atoms with Crippen LogP contribution in [0, 0.1) is 0 Å². The largest absolute Gasteiger partial charge is 0.378 e. The van der Waals surface area contributed by atoms with E-state index in [-0.39, 0.29) is 5.91 Å². The number of hydrogen-bond acceptors (Lipinski definition) is 2. The van der Waals surface area contributed by atoms with Gasteiger partial charge in [0.15, 0.2) is 0 Å². The Kier molecular flexibility index (Phi) is 4.40. The maximum atomic E-state index is 11.9. The fourth-order valence-electron chi connectivity index (χ4n) is 1.42. The maximum Gasteiger partial charge on any atom is 0.253 e. The highest BCUT2D eigenvalue weighted by atomic mass is 16.5. The van der Waals surface area contributed by atoms with E-state index >= 15 is 0 Å². The molecule has 0 atom stereocenters. The highest BCUT2D eigenvalue weighted by molar-refractivity contribution is 5.96. The van der Waals surface area contributed by atoms with Crippen molar-refractivity contribution in [1.82, 2.24) is 4.90 Å². The van der Waals surface area contributed by atoms with E-state index in [2.05, 4.69) is 0 Å². The van der Waals surface area contributed by atoms with Gasteiger partial charge in [0.05, 0.1) is 13.2 Å². The summed E-state index contributed by atoms with van der Waals surface area (Å²) in [5, 5.41) is 0. The van der Waals surface area contributed by atoms with Gasteiger partial charge in [-0.25, -0.2) is 0 Å². The zero-order chi connectivity index (χ0) is 10.4. The van der Waals surface area contributed by atoms with Crippen LogP contribution in [-0.2, 0) is 9.53 Å². The van der Waals surface area contributed by atoms with E-state index in [4.69, 9.17) is 4.74 Å². The fraction of sp³-hybridized carbons (Fsp3) is 0.545. The lowest BCUT2D eigenvalue weighted by molar-refractivity contribution is -0.130. The van der Waals surface area contributed by atoms with E-state index in [1.165, 1.54) is 0 Å². The molecule has 0 aliphatic carbocycles. The Bertz CT molecular complexity index is 250. The number of carbonyl (C=O) groups is 1. The van der Waals surface area contributed by atoms with E-state index in [1.54, 1.807) is 0 Å². The summed E-state index contributed by atoms with van der Waals surface area (Å²) in [6.45, 7) is 6.50. The molecule has 14 heavy (non-hydrogen) atoms. The summed E-state index contributed by atoms with van der Waals surface area (Å²) in [6.07, 6.45) is 5.57. The summed E-state index contributed by atoms with van der Waals surface area (Å²) in [7, 11) is 0. The van der Waals surface area contributed by atoms with Gasteiger partial charge in [-0.3, -0.25) is 4.79 Å². The van der Waals surface area contributed by atoms with E-state index < -0.39 is 0 Å². The van der Waals surface area contributed by atoms with Crippen molar-refractivity contribution in [2.24, 2.45) is 0 Å². The molecule has 1 aliphatic rings. The van der Waals surface area contributed by atoms with Crippen molar-refractivity contribution in [2.45, 2.75) is 13.8 Å². The van der Waals surface area contributed by atoms with Crippen molar-refractivity contribution in [3.8, 4) is 0 Å². The molecule has 0 aromatic heterocycles. The lowest BCUT2D eigenvalue weighted by Crippen LogP contribution is -2.41. The molecule has 1 aliphatic heterocycles. The summed E-state index contributed by atoms with van der Waals surface area (Å²) in [6, 6.07) is 0. The average molecular weight is 195 g/mol. The summed E-state index contributed by atoms with van der Waals surface area (Å²) in [5.74, 6) is 0.105. The molecule has 0 radical (unpaired) electrons. The van der Waals surface area contributed by atoms with Crippen LogP contribution in [-0.4, -0.2) is 37.1 Å². The van der Waals surface area contributed by atoms with Gasteiger partial charge in [0.2, 0.25) is 0 Å². The topological polar surface area (TPSA) is 29.5 Å². The first-order chi connectivity index (χ1) is 6.79. The molecule has 0 unspecified atom stereocenters. The second-order valence-corrected chi connectivity index (χ2v) is 3.15. The molecule has 1 amide bonds. The van der Waals surface area contributed by atoms with Gasteiger partial charge < -0.3 is 9.64 Å². The quantitative estimate of drug-likeness (QED) is 0.492. The van der Waals surface area contributed by atoms with Crippen molar-refractivity contribution < 1.29 is 9.53 Å². The minimum absolute atomic E-state index is 0.105. The maximum absolute atomic E-state index is 11.9. The number of amides is 1. The SMILES string of the molecule is CC=CC(=CC)C(=O)N1CCOCC1. The number of carbonyl (C=O) groups excluding carboxylic acids is 1. The summed E-state index contributed by atoms with van der Waals surface area (Å²) < 4.78 is 5.19. The molecule has 1 heterocycles. The highest BCUT2D eigenvalue weighted by Crippen LogP contribution is 2.06. The van der Waals surface area contributed by atoms with Crippen LogP contribution in [0.2, 0.25) is 0 Å². The summed E-state index contributed by atoms with van der Waals surface area (Å²) in [4.78, 5) is 13.7. The third-order valence-corrected chi connectivity index (χ3v) is 2.20. The van der Waals surface area contributed by atoms with Gasteiger partial charge in [-0.1, -0.05) is 18.2 Å². The van der Waals surface area contributed by atoms with Gasteiger partial charge in [-0.15, -0.1) is 0 Å². The first-order valence-electron chi connectivity index (χ1n) is 4.95. The first kappa shape index (κ1) is 11.0. The van der Waals surface area contributed by atoms with Gasteiger partial charge in [0.25, 0.3) is 5.91 Å². The normalized spacial score (nSPS) is 19.0. The second kappa shape index (κ2) is 5.60. The van der Waals surface area contributed by atoms with Crippen LogP contribution in [0.1, 0.15) is 13.8 Å². The molecular formula is C11H17NO2. The van der Waals surface area contributed by atoms with Crippen molar-refractivity contribution in [3.05, 3.63) is 23.8 Å². The lowest BCUT2D eigenvalue weighted by Gasteiger charge is -2.27. The minimum Gasteiger partial charge on any atom is -0.378 e. The van der Waals surface area contributed by atoms with Gasteiger partial charge in [-0.05, 0) is 13.8 Å². The standard InChI is InChI=1S/C11H17NO2/c1-3-5-10(4-2)11(13)12-6-8-14-9-7-12/h3-5H,6-9H2,1-2H3. The van der Waals surface area contributed by atoms with Gasteiger partial charge in [0.1, 0.15) is 0 Å². The molecule has 0 N–H and O–H groups in total. The van der Waals surface area contributed by atoms with E-state index in [0.717, 1.165) is 5.57 Å². The Hall–Kier alpha value is -1.09. The highest BCUT2D eigenvalue weighted by Gasteiger charge is 2.18. The molecule has 1 rings (SSSR count). The predicted molar refractivity (Wildman–Crippen MR) is 56.0 cm³/mol. The fourth-order valence-corrected chi connectivity index (χ4v) is 1.42. The summed E-state index contributed by atoms with van der Waals surface area (Å²) in [5.41, 5.74) is 0.759. The monoisotopic (exact) mass is 195 g/mol. The number of allylic oxidation sites excluding steroid dienone is 2. The van der Waals surface area contributed by atoms with Crippen molar-refractivity contribution in [3.63, 3.8) is 0 Å². The number of ether oxygens (including phenoxy) is 1. The molecule has 1 saturated heterocycles. The number of nitrogens with zero attached hydrogens (tertiary/aromatic N) is 1. The Morgan fingerprint density at radius 3 is 2.43 bits per heavy atom. The molecule has 0 spiro atoms. The van der Waals surface area contributed by atoms with Crippen LogP contribution < -0.4 is 0 Å². The number of morpholine rings is 1. The summed E-state index contributed by atoms with van der Waals surface area (Å²) >= 11 is 0. The van der Waals surface area contributed by atoms with Gasteiger partial charge >= 0.3 is 0 Å². The predicted octanol–water partition coefficient (Wildman–Crippen LogP) is 1.37.